The number of hydrogen-bond acceptors (Lipinski definition) is 14. The fraction of sp³-hybridized carbons (Fsp3) is 0.921. The Morgan fingerprint density at radius 1 is 0.615 bits per heavy atom. The lowest BCUT2D eigenvalue weighted by Crippen LogP contribution is -2.61. The zero-order chi connectivity index (χ0) is 38.1. The Morgan fingerprint density at radius 3 is 1.75 bits per heavy atom. The van der Waals surface area contributed by atoms with Crippen LogP contribution in [-0.2, 0) is 33.2 Å². The molecule has 2 saturated heterocycles. The first-order chi connectivity index (χ1) is 25.1. The van der Waals surface area contributed by atoms with Gasteiger partial charge in [-0.3, -0.25) is 4.79 Å². The second kappa shape index (κ2) is 28.2. The number of aliphatic hydroxyl groups is 7. The quantitative estimate of drug-likeness (QED) is 0.0333. The Kier molecular flexibility index (Phi) is 25.4. The van der Waals surface area contributed by atoms with Crippen LogP contribution in [-0.4, -0.2) is 142 Å². The van der Waals surface area contributed by atoms with Gasteiger partial charge in [-0.25, -0.2) is 0 Å². The van der Waals surface area contributed by atoms with Crippen molar-refractivity contribution in [3.05, 3.63) is 12.2 Å². The van der Waals surface area contributed by atoms with E-state index < -0.39 is 86.7 Å². The van der Waals surface area contributed by atoms with Crippen LogP contribution in [0.15, 0.2) is 12.2 Å². The van der Waals surface area contributed by atoms with E-state index >= 15 is 0 Å². The lowest BCUT2D eigenvalue weighted by molar-refractivity contribution is -0.332. The summed E-state index contributed by atoms with van der Waals surface area (Å²) in [5.41, 5.74) is 0. The molecule has 0 spiro atoms. The highest BCUT2D eigenvalue weighted by Crippen LogP contribution is 2.26. The molecule has 0 amide bonds. The highest BCUT2D eigenvalue weighted by Gasteiger charge is 2.47. The maximum Gasteiger partial charge on any atom is 0.306 e. The third-order valence-corrected chi connectivity index (χ3v) is 9.52. The third-order valence-electron chi connectivity index (χ3n) is 9.52. The molecular weight excluding hydrogens is 680 g/mol. The van der Waals surface area contributed by atoms with E-state index in [1.165, 1.54) is 57.8 Å². The van der Waals surface area contributed by atoms with Crippen molar-refractivity contribution in [3.8, 4) is 0 Å². The largest absolute Gasteiger partial charge is 0.457 e. The molecule has 14 nitrogen and oxygen atoms in total. The van der Waals surface area contributed by atoms with E-state index in [0.717, 1.165) is 38.5 Å². The van der Waals surface area contributed by atoms with Gasteiger partial charge in [-0.05, 0) is 38.5 Å². The van der Waals surface area contributed by atoms with E-state index in [1.807, 2.05) is 6.92 Å². The molecule has 0 aromatic carbocycles. The summed E-state index contributed by atoms with van der Waals surface area (Å²) in [6, 6.07) is 0. The number of carbonyl (C=O) groups excluding carboxylic acids is 1. The summed E-state index contributed by atoms with van der Waals surface area (Å²) < 4.78 is 33.7. The molecule has 0 aromatic heterocycles. The summed E-state index contributed by atoms with van der Waals surface area (Å²) >= 11 is 0. The van der Waals surface area contributed by atoms with Gasteiger partial charge in [0.15, 0.2) is 12.6 Å². The minimum absolute atomic E-state index is 0.0576. The molecule has 52 heavy (non-hydrogen) atoms. The second-order valence-corrected chi connectivity index (χ2v) is 14.1. The van der Waals surface area contributed by atoms with Gasteiger partial charge in [-0.1, -0.05) is 90.2 Å². The number of carbonyl (C=O) groups is 1. The molecule has 2 rings (SSSR count). The van der Waals surface area contributed by atoms with Crippen molar-refractivity contribution in [3.63, 3.8) is 0 Å². The molecule has 2 fully saturated rings. The first kappa shape index (κ1) is 46.9. The molecule has 11 unspecified atom stereocenters. The molecule has 0 aromatic rings. The monoisotopic (exact) mass is 750 g/mol. The molecule has 11 atom stereocenters. The maximum atomic E-state index is 12.5. The fourth-order valence-electron chi connectivity index (χ4n) is 6.16. The lowest BCUT2D eigenvalue weighted by atomic mass is 9.98. The highest BCUT2D eigenvalue weighted by atomic mass is 16.7. The molecule has 2 aliphatic rings. The standard InChI is InChI=1S/C38H70O14/c1-3-5-7-8-9-10-11-12-13-14-15-16-17-18-20-22-47-24-27(50-30(40)21-19-6-4-2)25-48-37-36(46)34(44)32(42)29(52-37)26-49-38-35(45)33(43)31(41)28(23-39)51-38/h11-12,27-29,31-39,41-46H,3-10,13-26H2,1-2H3/b12-11-. The summed E-state index contributed by atoms with van der Waals surface area (Å²) in [6.45, 7) is 3.45. The molecule has 0 aliphatic carbocycles. The van der Waals surface area contributed by atoms with Gasteiger partial charge in [0.25, 0.3) is 0 Å². The van der Waals surface area contributed by atoms with Crippen LogP contribution in [0.4, 0.5) is 0 Å². The normalized spacial score (nSPS) is 30.2. The van der Waals surface area contributed by atoms with Gasteiger partial charge < -0.3 is 64.2 Å². The predicted molar refractivity (Wildman–Crippen MR) is 192 cm³/mol. The van der Waals surface area contributed by atoms with Gasteiger partial charge >= 0.3 is 5.97 Å². The number of rotatable bonds is 29. The average Bonchev–Trinajstić information content (AvgIpc) is 3.14. The van der Waals surface area contributed by atoms with Crippen molar-refractivity contribution in [1.29, 1.82) is 0 Å². The first-order valence-corrected chi connectivity index (χ1v) is 19.8. The van der Waals surface area contributed by atoms with E-state index in [1.54, 1.807) is 0 Å². The smallest absolute Gasteiger partial charge is 0.306 e. The summed E-state index contributed by atoms with van der Waals surface area (Å²) in [7, 11) is 0. The van der Waals surface area contributed by atoms with E-state index in [0.29, 0.717) is 13.0 Å². The molecule has 7 N–H and O–H groups in total. The third kappa shape index (κ3) is 17.9. The van der Waals surface area contributed by atoms with Crippen LogP contribution in [0.25, 0.3) is 0 Å². The van der Waals surface area contributed by atoms with Crippen molar-refractivity contribution in [2.45, 2.75) is 191 Å². The van der Waals surface area contributed by atoms with Crippen molar-refractivity contribution < 1.29 is 69.0 Å². The Hall–Kier alpha value is -1.27. The van der Waals surface area contributed by atoms with Crippen molar-refractivity contribution in [1.82, 2.24) is 0 Å². The van der Waals surface area contributed by atoms with Crippen LogP contribution in [0, 0.1) is 0 Å². The van der Waals surface area contributed by atoms with Crippen LogP contribution in [0.2, 0.25) is 0 Å². The van der Waals surface area contributed by atoms with E-state index in [2.05, 4.69) is 19.1 Å². The van der Waals surface area contributed by atoms with E-state index in [9.17, 15) is 40.5 Å². The van der Waals surface area contributed by atoms with Crippen LogP contribution in [0.3, 0.4) is 0 Å². The second-order valence-electron chi connectivity index (χ2n) is 14.1. The van der Waals surface area contributed by atoms with Crippen LogP contribution < -0.4 is 0 Å². The minimum Gasteiger partial charge on any atom is -0.457 e. The van der Waals surface area contributed by atoms with E-state index in [4.69, 9.17) is 28.4 Å². The summed E-state index contributed by atoms with van der Waals surface area (Å²) in [6.07, 6.45) is 6.75. The van der Waals surface area contributed by atoms with Gasteiger partial charge in [-0.15, -0.1) is 0 Å². The Morgan fingerprint density at radius 2 is 1.13 bits per heavy atom. The van der Waals surface area contributed by atoms with Gasteiger partial charge in [0.1, 0.15) is 54.9 Å². The summed E-state index contributed by atoms with van der Waals surface area (Å²) in [4.78, 5) is 12.5. The summed E-state index contributed by atoms with van der Waals surface area (Å²) in [5.74, 6) is -0.404. The number of aliphatic hydroxyl groups excluding tert-OH is 7. The zero-order valence-electron chi connectivity index (χ0n) is 31.6. The van der Waals surface area contributed by atoms with Gasteiger partial charge in [0.2, 0.25) is 0 Å². The van der Waals surface area contributed by atoms with E-state index in [-0.39, 0.29) is 19.6 Å². The number of esters is 1. The SMILES string of the molecule is CCCCCCC/C=C\CCCCCCCCOCC(COC1OC(COC2OC(CO)C(O)C(O)C2O)C(O)C(O)C1O)OC(=O)CCCCC. The first-order valence-electron chi connectivity index (χ1n) is 19.8. The van der Waals surface area contributed by atoms with Crippen molar-refractivity contribution >= 4 is 5.97 Å². The lowest BCUT2D eigenvalue weighted by Gasteiger charge is -2.42. The molecule has 2 heterocycles. The van der Waals surface area contributed by atoms with Gasteiger partial charge in [-0.2, -0.15) is 0 Å². The molecule has 2 aliphatic heterocycles. The predicted octanol–water partition coefficient (Wildman–Crippen LogP) is 2.78. The number of ether oxygens (including phenoxy) is 6. The molecular formula is C38H70O14. The van der Waals surface area contributed by atoms with Gasteiger partial charge in [0.05, 0.1) is 26.4 Å². The molecule has 14 heteroatoms. The van der Waals surface area contributed by atoms with Crippen LogP contribution >= 0.6 is 0 Å². The Balaban J connectivity index is 1.76. The summed E-state index contributed by atoms with van der Waals surface area (Å²) in [5, 5.41) is 71.3. The molecule has 306 valence electrons. The average molecular weight is 751 g/mol. The Bertz CT molecular complexity index is 922. The van der Waals surface area contributed by atoms with Crippen molar-refractivity contribution in [2.75, 3.05) is 33.0 Å². The molecule has 0 saturated carbocycles. The minimum atomic E-state index is -1.70. The molecule has 0 bridgehead atoms. The Labute approximate surface area is 310 Å². The fourth-order valence-corrected chi connectivity index (χ4v) is 6.16. The zero-order valence-corrected chi connectivity index (χ0v) is 31.6. The topological polar surface area (TPSA) is 214 Å². The van der Waals surface area contributed by atoms with Crippen LogP contribution in [0.5, 0.6) is 0 Å². The van der Waals surface area contributed by atoms with Crippen molar-refractivity contribution in [2.24, 2.45) is 0 Å². The number of hydrogen-bond donors (Lipinski definition) is 7. The van der Waals surface area contributed by atoms with Gasteiger partial charge in [0, 0.05) is 13.0 Å². The highest BCUT2D eigenvalue weighted by molar-refractivity contribution is 5.69. The molecule has 0 radical (unpaired) electrons. The van der Waals surface area contributed by atoms with Crippen LogP contribution in [0.1, 0.15) is 123 Å². The number of allylic oxidation sites excluding steroid dienone is 2. The maximum absolute atomic E-state index is 12.5. The number of unbranched alkanes of at least 4 members (excludes halogenated alkanes) is 13.